The Labute approximate surface area is 221 Å². The highest BCUT2D eigenvalue weighted by Crippen LogP contribution is 2.44. The maximum Gasteiger partial charge on any atom is 0.186 e. The average Bonchev–Trinajstić information content (AvgIpc) is 3.25. The third kappa shape index (κ3) is 4.90. The van der Waals surface area contributed by atoms with Crippen molar-refractivity contribution >= 4 is 44.1 Å². The quantitative estimate of drug-likeness (QED) is 0.276. The number of aryl methyl sites for hydroxylation is 1. The van der Waals surface area contributed by atoms with Crippen molar-refractivity contribution in [1.82, 2.24) is 9.97 Å². The van der Waals surface area contributed by atoms with Crippen LogP contribution in [0.1, 0.15) is 56.2 Å². The van der Waals surface area contributed by atoms with Gasteiger partial charge in [-0.1, -0.05) is 41.1 Å². The number of hydrogen-bond donors (Lipinski definition) is 0. The summed E-state index contributed by atoms with van der Waals surface area (Å²) < 4.78 is 7.40. The molecule has 0 saturated carbocycles. The fourth-order valence-electron chi connectivity index (χ4n) is 4.80. The van der Waals surface area contributed by atoms with Gasteiger partial charge in [-0.2, -0.15) is 0 Å². The summed E-state index contributed by atoms with van der Waals surface area (Å²) >= 11 is 7.90. The van der Waals surface area contributed by atoms with Crippen molar-refractivity contribution < 1.29 is 9.53 Å². The van der Waals surface area contributed by atoms with Crippen LogP contribution >= 0.6 is 22.9 Å². The second-order valence-electron chi connectivity index (χ2n) is 10.3. The van der Waals surface area contributed by atoms with Crippen molar-refractivity contribution in [2.24, 2.45) is 0 Å². The molecule has 0 unspecified atom stereocenters. The van der Waals surface area contributed by atoms with Gasteiger partial charge in [0.1, 0.15) is 6.10 Å². The summed E-state index contributed by atoms with van der Waals surface area (Å²) in [5.41, 5.74) is 6.73. The average molecular weight is 520 g/mol. The van der Waals surface area contributed by atoms with Crippen LogP contribution in [0.2, 0.25) is 5.02 Å². The van der Waals surface area contributed by atoms with Crippen LogP contribution in [0.4, 0.5) is 5.13 Å². The van der Waals surface area contributed by atoms with Crippen LogP contribution in [0, 0.1) is 6.92 Å². The number of ether oxygens (including phenoxy) is 1. The van der Waals surface area contributed by atoms with Crippen LogP contribution in [-0.2, 0) is 22.5 Å². The summed E-state index contributed by atoms with van der Waals surface area (Å²) in [6.07, 6.45) is 2.07. The number of aromatic nitrogens is 2. The molecule has 0 amide bonds. The van der Waals surface area contributed by atoms with E-state index in [1.54, 1.807) is 18.3 Å². The van der Waals surface area contributed by atoms with E-state index in [1.165, 1.54) is 11.3 Å². The van der Waals surface area contributed by atoms with Crippen molar-refractivity contribution in [1.29, 1.82) is 0 Å². The van der Waals surface area contributed by atoms with E-state index in [0.29, 0.717) is 5.02 Å². The molecule has 0 bridgehead atoms. The molecule has 1 aliphatic heterocycles. The molecule has 0 saturated heterocycles. The molecular weight excluding hydrogens is 490 g/mol. The predicted octanol–water partition coefficient (Wildman–Crippen LogP) is 7.33. The summed E-state index contributed by atoms with van der Waals surface area (Å²) in [6, 6.07) is 14.0. The van der Waals surface area contributed by atoms with Crippen molar-refractivity contribution in [3.8, 4) is 11.1 Å². The Morgan fingerprint density at radius 1 is 1.19 bits per heavy atom. The number of anilines is 1. The van der Waals surface area contributed by atoms with Gasteiger partial charge in [0.2, 0.25) is 0 Å². The van der Waals surface area contributed by atoms with E-state index >= 15 is 0 Å². The molecule has 1 atom stereocenters. The molecule has 0 N–H and O–H groups in total. The molecule has 3 heterocycles. The molecule has 2 aromatic heterocycles. The maximum absolute atomic E-state index is 12.9. The lowest BCUT2D eigenvalue weighted by Gasteiger charge is -2.29. The topological polar surface area (TPSA) is 55.3 Å². The number of thiazole rings is 1. The van der Waals surface area contributed by atoms with Gasteiger partial charge in [0.25, 0.3) is 0 Å². The Morgan fingerprint density at radius 3 is 2.64 bits per heavy atom. The smallest absolute Gasteiger partial charge is 0.186 e. The summed E-state index contributed by atoms with van der Waals surface area (Å²) in [6.45, 7) is 11.2. The van der Waals surface area contributed by atoms with Gasteiger partial charge in [-0.05, 0) is 75.6 Å². The standard InChI is InChI=1S/C29H30ClN3O2S/c1-17-15-23-27(36-28(32-23)33-14-12-22-20(16-33)7-6-13-31-22)25(19-8-10-21(30)11-9-19)24(17)26(18(2)34)35-29(3,4)5/h6-11,13,15,26H,12,14,16H2,1-5H3/t26-/m1/s1. The zero-order valence-electron chi connectivity index (χ0n) is 21.3. The minimum atomic E-state index is -0.682. The minimum absolute atomic E-state index is 0.0209. The predicted molar refractivity (Wildman–Crippen MR) is 148 cm³/mol. The largest absolute Gasteiger partial charge is 0.360 e. The first kappa shape index (κ1) is 24.9. The highest BCUT2D eigenvalue weighted by atomic mass is 35.5. The van der Waals surface area contributed by atoms with Crippen molar-refractivity contribution in [2.75, 3.05) is 11.4 Å². The molecule has 36 heavy (non-hydrogen) atoms. The SMILES string of the molecule is CC(=O)[C@@H](OC(C)(C)C)c1c(C)cc2nc(N3CCc4ncccc4C3)sc2c1-c1ccc(Cl)cc1. The normalized spacial score (nSPS) is 14.7. The van der Waals surface area contributed by atoms with Gasteiger partial charge in [-0.25, -0.2) is 4.98 Å². The van der Waals surface area contributed by atoms with E-state index in [1.807, 2.05) is 64.2 Å². The first-order valence-electron chi connectivity index (χ1n) is 12.2. The molecule has 0 spiro atoms. The lowest BCUT2D eigenvalue weighted by atomic mass is 9.90. The molecule has 4 aromatic rings. The summed E-state index contributed by atoms with van der Waals surface area (Å²) in [7, 11) is 0. The number of Topliss-reactive ketones (excluding diaryl/α,β-unsaturated/α-hetero) is 1. The molecule has 5 rings (SSSR count). The molecule has 5 nitrogen and oxygen atoms in total. The molecule has 0 fully saturated rings. The fraction of sp³-hybridized carbons (Fsp3) is 0.345. The van der Waals surface area contributed by atoms with Crippen LogP contribution in [0.3, 0.4) is 0 Å². The number of fused-ring (bicyclic) bond motifs is 2. The Hall–Kier alpha value is -2.80. The van der Waals surface area contributed by atoms with Gasteiger partial charge in [0, 0.05) is 47.6 Å². The number of hydrogen-bond acceptors (Lipinski definition) is 6. The minimum Gasteiger partial charge on any atom is -0.360 e. The molecule has 0 radical (unpaired) electrons. The summed E-state index contributed by atoms with van der Waals surface area (Å²) in [5, 5.41) is 1.64. The Morgan fingerprint density at radius 2 is 1.94 bits per heavy atom. The highest BCUT2D eigenvalue weighted by molar-refractivity contribution is 7.22. The molecule has 186 valence electrons. The second-order valence-corrected chi connectivity index (χ2v) is 11.7. The number of nitrogens with zero attached hydrogens (tertiary/aromatic N) is 3. The van der Waals surface area contributed by atoms with Gasteiger partial charge in [0.05, 0.1) is 15.8 Å². The third-order valence-electron chi connectivity index (χ3n) is 6.39. The van der Waals surface area contributed by atoms with E-state index in [0.717, 1.165) is 57.1 Å². The second kappa shape index (κ2) is 9.58. The Balaban J connectivity index is 1.69. The fourth-order valence-corrected chi connectivity index (χ4v) is 6.08. The number of halogens is 1. The van der Waals surface area contributed by atoms with E-state index in [9.17, 15) is 4.79 Å². The third-order valence-corrected chi connectivity index (χ3v) is 7.79. The van der Waals surface area contributed by atoms with Gasteiger partial charge in [0.15, 0.2) is 10.9 Å². The lowest BCUT2D eigenvalue weighted by molar-refractivity contribution is -0.138. The zero-order valence-corrected chi connectivity index (χ0v) is 22.8. The van der Waals surface area contributed by atoms with Crippen molar-refractivity contribution in [3.63, 3.8) is 0 Å². The number of rotatable bonds is 5. The van der Waals surface area contributed by atoms with Crippen LogP contribution in [0.25, 0.3) is 21.3 Å². The first-order valence-corrected chi connectivity index (χ1v) is 13.4. The number of benzene rings is 2. The first-order chi connectivity index (χ1) is 17.1. The zero-order chi connectivity index (χ0) is 25.6. The van der Waals surface area contributed by atoms with Crippen LogP contribution < -0.4 is 4.90 Å². The maximum atomic E-state index is 12.9. The van der Waals surface area contributed by atoms with Crippen LogP contribution in [0.15, 0.2) is 48.7 Å². The number of pyridine rings is 1. The van der Waals surface area contributed by atoms with Gasteiger partial charge >= 0.3 is 0 Å². The van der Waals surface area contributed by atoms with E-state index < -0.39 is 11.7 Å². The number of carbonyl (C=O) groups is 1. The van der Waals surface area contributed by atoms with E-state index in [2.05, 4.69) is 22.0 Å². The monoisotopic (exact) mass is 519 g/mol. The van der Waals surface area contributed by atoms with Crippen LogP contribution in [-0.4, -0.2) is 27.9 Å². The Kier molecular flexibility index (Phi) is 6.62. The highest BCUT2D eigenvalue weighted by Gasteiger charge is 2.31. The van der Waals surface area contributed by atoms with E-state index in [-0.39, 0.29) is 5.78 Å². The van der Waals surface area contributed by atoms with Gasteiger partial charge in [-0.3, -0.25) is 9.78 Å². The number of carbonyl (C=O) groups excluding carboxylic acids is 1. The number of ketones is 1. The Bertz CT molecular complexity index is 1440. The van der Waals surface area contributed by atoms with Gasteiger partial charge < -0.3 is 9.64 Å². The molecular formula is C29H30ClN3O2S. The van der Waals surface area contributed by atoms with Crippen molar-refractivity contribution in [3.05, 3.63) is 76.1 Å². The molecule has 0 aliphatic carbocycles. The summed E-state index contributed by atoms with van der Waals surface area (Å²) in [5.74, 6) is -0.0209. The lowest BCUT2D eigenvalue weighted by Crippen LogP contribution is -2.30. The molecule has 7 heteroatoms. The molecule has 2 aromatic carbocycles. The molecule has 1 aliphatic rings. The van der Waals surface area contributed by atoms with E-state index in [4.69, 9.17) is 21.3 Å². The van der Waals surface area contributed by atoms with Gasteiger partial charge in [-0.15, -0.1) is 0 Å². The van der Waals surface area contributed by atoms with Crippen LogP contribution in [0.5, 0.6) is 0 Å². The van der Waals surface area contributed by atoms with Crippen molar-refractivity contribution in [2.45, 2.75) is 59.3 Å². The summed E-state index contributed by atoms with van der Waals surface area (Å²) in [4.78, 5) is 24.9.